The van der Waals surface area contributed by atoms with Gasteiger partial charge in [-0.1, -0.05) is 60.7 Å². The predicted molar refractivity (Wildman–Crippen MR) is 93.3 cm³/mol. The molecule has 1 amide bonds. The van der Waals surface area contributed by atoms with Crippen molar-refractivity contribution in [1.82, 2.24) is 4.90 Å². The minimum absolute atomic E-state index is 0.0359. The molecule has 4 rings (SSSR count). The van der Waals surface area contributed by atoms with Gasteiger partial charge in [-0.2, -0.15) is 0 Å². The third-order valence-corrected chi connectivity index (χ3v) is 5.40. The number of carbonyl (C=O) groups excluding carboxylic acids is 1. The van der Waals surface area contributed by atoms with Crippen LogP contribution in [0.4, 0.5) is 0 Å². The SMILES string of the molecule is C[C@H]1[C@@H](c2ccccc2)O[C@]2(CCc3ccccc3)CCC(=O)N12. The van der Waals surface area contributed by atoms with E-state index < -0.39 is 5.72 Å². The van der Waals surface area contributed by atoms with E-state index in [0.717, 1.165) is 24.8 Å². The van der Waals surface area contributed by atoms with E-state index in [1.807, 2.05) is 29.2 Å². The second-order valence-corrected chi connectivity index (χ2v) is 6.89. The molecule has 0 bridgehead atoms. The molecule has 124 valence electrons. The van der Waals surface area contributed by atoms with Crippen molar-refractivity contribution < 1.29 is 9.53 Å². The lowest BCUT2D eigenvalue weighted by Gasteiger charge is -2.32. The fourth-order valence-corrected chi connectivity index (χ4v) is 4.23. The van der Waals surface area contributed by atoms with Crippen LogP contribution in [0.1, 0.15) is 43.4 Å². The highest BCUT2D eigenvalue weighted by Crippen LogP contribution is 2.49. The molecule has 3 heteroatoms. The molecule has 0 N–H and O–H groups in total. The number of fused-ring (bicyclic) bond motifs is 1. The molecule has 2 saturated heterocycles. The highest BCUT2D eigenvalue weighted by atomic mass is 16.5. The summed E-state index contributed by atoms with van der Waals surface area (Å²) in [5.74, 6) is 0.231. The number of nitrogens with zero attached hydrogens (tertiary/aromatic N) is 1. The van der Waals surface area contributed by atoms with Crippen LogP contribution in [0.15, 0.2) is 60.7 Å². The number of amides is 1. The van der Waals surface area contributed by atoms with Crippen LogP contribution in [0.3, 0.4) is 0 Å². The molecule has 3 atom stereocenters. The first-order valence-electron chi connectivity index (χ1n) is 8.78. The second kappa shape index (κ2) is 6.06. The van der Waals surface area contributed by atoms with Gasteiger partial charge in [-0.25, -0.2) is 0 Å². The highest BCUT2D eigenvalue weighted by molar-refractivity contribution is 5.80. The molecule has 0 radical (unpaired) electrons. The highest BCUT2D eigenvalue weighted by Gasteiger charge is 2.56. The van der Waals surface area contributed by atoms with Crippen LogP contribution in [0.2, 0.25) is 0 Å². The summed E-state index contributed by atoms with van der Waals surface area (Å²) in [5, 5.41) is 0. The third-order valence-electron chi connectivity index (χ3n) is 5.40. The molecule has 0 unspecified atom stereocenters. The van der Waals surface area contributed by atoms with Crippen molar-refractivity contribution in [1.29, 1.82) is 0 Å². The number of aryl methyl sites for hydroxylation is 1. The summed E-state index contributed by atoms with van der Waals surface area (Å²) in [4.78, 5) is 14.5. The number of ether oxygens (including phenoxy) is 1. The van der Waals surface area contributed by atoms with Crippen molar-refractivity contribution in [2.45, 2.75) is 50.5 Å². The number of rotatable bonds is 4. The van der Waals surface area contributed by atoms with Crippen LogP contribution in [0.25, 0.3) is 0 Å². The fourth-order valence-electron chi connectivity index (χ4n) is 4.23. The maximum atomic E-state index is 12.5. The van der Waals surface area contributed by atoms with Crippen LogP contribution in [-0.4, -0.2) is 22.6 Å². The van der Waals surface area contributed by atoms with Crippen molar-refractivity contribution in [2.75, 3.05) is 0 Å². The van der Waals surface area contributed by atoms with Gasteiger partial charge in [0.05, 0.1) is 6.04 Å². The molecule has 2 fully saturated rings. The van der Waals surface area contributed by atoms with Crippen molar-refractivity contribution in [3.8, 4) is 0 Å². The molecule has 3 nitrogen and oxygen atoms in total. The van der Waals surface area contributed by atoms with Gasteiger partial charge in [0, 0.05) is 12.8 Å². The summed E-state index contributed by atoms with van der Waals surface area (Å²) in [6.07, 6.45) is 3.15. The fraction of sp³-hybridized carbons (Fsp3) is 0.381. The van der Waals surface area contributed by atoms with Gasteiger partial charge >= 0.3 is 0 Å². The van der Waals surface area contributed by atoms with E-state index in [-0.39, 0.29) is 18.1 Å². The van der Waals surface area contributed by atoms with Gasteiger partial charge in [0.1, 0.15) is 11.8 Å². The number of carbonyl (C=O) groups is 1. The van der Waals surface area contributed by atoms with E-state index in [9.17, 15) is 4.79 Å². The van der Waals surface area contributed by atoms with E-state index in [0.29, 0.717) is 6.42 Å². The Morgan fingerprint density at radius 1 is 1.08 bits per heavy atom. The van der Waals surface area contributed by atoms with Crippen molar-refractivity contribution in [3.63, 3.8) is 0 Å². The summed E-state index contributed by atoms with van der Waals surface area (Å²) in [7, 11) is 0. The van der Waals surface area contributed by atoms with Crippen LogP contribution >= 0.6 is 0 Å². The molecular formula is C21H23NO2. The molecule has 2 aliphatic heterocycles. The van der Waals surface area contributed by atoms with Gasteiger partial charge in [-0.3, -0.25) is 4.79 Å². The Kier molecular flexibility index (Phi) is 3.89. The quantitative estimate of drug-likeness (QED) is 0.848. The molecule has 0 spiro atoms. The topological polar surface area (TPSA) is 29.5 Å². The molecule has 24 heavy (non-hydrogen) atoms. The molecule has 2 aromatic carbocycles. The first-order chi connectivity index (χ1) is 11.7. The van der Waals surface area contributed by atoms with Crippen molar-refractivity contribution in [3.05, 3.63) is 71.8 Å². The van der Waals surface area contributed by atoms with E-state index in [2.05, 4.69) is 43.3 Å². The molecule has 0 aliphatic carbocycles. The molecule has 2 aliphatic rings. The Balaban J connectivity index is 1.59. The first kappa shape index (κ1) is 15.4. The van der Waals surface area contributed by atoms with Gasteiger partial charge in [-0.15, -0.1) is 0 Å². The van der Waals surface area contributed by atoms with E-state index >= 15 is 0 Å². The lowest BCUT2D eigenvalue weighted by atomic mass is 10.00. The second-order valence-electron chi connectivity index (χ2n) is 6.89. The van der Waals surface area contributed by atoms with E-state index in [1.165, 1.54) is 5.56 Å². The zero-order chi connectivity index (χ0) is 16.6. The minimum atomic E-state index is -0.438. The summed E-state index contributed by atoms with van der Waals surface area (Å²) < 4.78 is 6.57. The number of benzene rings is 2. The van der Waals surface area contributed by atoms with E-state index in [1.54, 1.807) is 0 Å². The number of hydrogen-bond acceptors (Lipinski definition) is 2. The summed E-state index contributed by atoms with van der Waals surface area (Å²) >= 11 is 0. The van der Waals surface area contributed by atoms with Crippen LogP contribution in [0, 0.1) is 0 Å². The smallest absolute Gasteiger partial charge is 0.225 e. The maximum absolute atomic E-state index is 12.5. The summed E-state index contributed by atoms with van der Waals surface area (Å²) in [6.45, 7) is 2.12. The van der Waals surface area contributed by atoms with Gasteiger partial charge in [0.25, 0.3) is 0 Å². The summed E-state index contributed by atoms with van der Waals surface area (Å²) in [5.41, 5.74) is 2.02. The average Bonchev–Trinajstić information content (AvgIpc) is 3.11. The Morgan fingerprint density at radius 2 is 1.75 bits per heavy atom. The molecule has 0 aromatic heterocycles. The first-order valence-corrected chi connectivity index (χ1v) is 8.78. The predicted octanol–water partition coefficient (Wildman–Crippen LogP) is 4.10. The maximum Gasteiger partial charge on any atom is 0.225 e. The zero-order valence-corrected chi connectivity index (χ0v) is 14.0. The lowest BCUT2D eigenvalue weighted by Crippen LogP contribution is -2.44. The average molecular weight is 321 g/mol. The van der Waals surface area contributed by atoms with Crippen molar-refractivity contribution >= 4 is 5.91 Å². The molecule has 2 aromatic rings. The largest absolute Gasteiger partial charge is 0.345 e. The Labute approximate surface area is 143 Å². The normalized spacial score (nSPS) is 29.0. The standard InChI is InChI=1S/C21H23NO2/c1-16-20(18-10-6-3-7-11-18)24-21(15-13-19(23)22(16)21)14-12-17-8-4-2-5-9-17/h2-11,16,20H,12-15H2,1H3/t16-,20-,21+/m0/s1. The lowest BCUT2D eigenvalue weighted by molar-refractivity contribution is -0.140. The van der Waals surface area contributed by atoms with Gasteiger partial charge in [0.2, 0.25) is 5.91 Å². The molecule has 2 heterocycles. The van der Waals surface area contributed by atoms with E-state index in [4.69, 9.17) is 4.74 Å². The van der Waals surface area contributed by atoms with Gasteiger partial charge < -0.3 is 9.64 Å². The summed E-state index contributed by atoms with van der Waals surface area (Å²) in [6, 6.07) is 20.8. The van der Waals surface area contributed by atoms with Crippen LogP contribution < -0.4 is 0 Å². The third kappa shape index (κ3) is 2.53. The Morgan fingerprint density at radius 3 is 2.46 bits per heavy atom. The van der Waals surface area contributed by atoms with Gasteiger partial charge in [-0.05, 0) is 30.9 Å². The molecular weight excluding hydrogens is 298 g/mol. The van der Waals surface area contributed by atoms with Crippen LogP contribution in [-0.2, 0) is 16.0 Å². The minimum Gasteiger partial charge on any atom is -0.345 e. The molecule has 0 saturated carbocycles. The van der Waals surface area contributed by atoms with Crippen molar-refractivity contribution in [2.24, 2.45) is 0 Å². The van der Waals surface area contributed by atoms with Gasteiger partial charge in [0.15, 0.2) is 0 Å². The monoisotopic (exact) mass is 321 g/mol. The number of hydrogen-bond donors (Lipinski definition) is 0. The van der Waals surface area contributed by atoms with Crippen LogP contribution in [0.5, 0.6) is 0 Å². The Bertz CT molecular complexity index is 715. The Hall–Kier alpha value is -2.13. The zero-order valence-electron chi connectivity index (χ0n) is 14.0.